The highest BCUT2D eigenvalue weighted by Gasteiger charge is 2.35. The number of nitrogens with one attached hydrogen (secondary N) is 1. The molecule has 0 aliphatic carbocycles. The first-order valence-corrected chi connectivity index (χ1v) is 8.80. The standard InChI is InChI=1S/C9H15ClN2O4S2/c1-6(10)8(13)11-9(14)12-3-4-17-5-7(12)18(2,15)16/h6-7H,3-5H2,1-2H3,(H,11,13,14). The van der Waals surface area contributed by atoms with Crippen LogP contribution in [0.5, 0.6) is 0 Å². The average Bonchev–Trinajstić information content (AvgIpc) is 2.27. The highest BCUT2D eigenvalue weighted by Crippen LogP contribution is 2.20. The second-order valence-corrected chi connectivity index (χ2v) is 7.97. The third-order valence-electron chi connectivity index (χ3n) is 2.43. The van der Waals surface area contributed by atoms with Crippen LogP contribution in [0.3, 0.4) is 0 Å². The fourth-order valence-electron chi connectivity index (χ4n) is 1.44. The number of sulfone groups is 1. The Hall–Kier alpha value is -0.470. The number of imide groups is 1. The minimum absolute atomic E-state index is 0.290. The molecule has 104 valence electrons. The maximum Gasteiger partial charge on any atom is 0.325 e. The van der Waals surface area contributed by atoms with Gasteiger partial charge in [-0.2, -0.15) is 11.8 Å². The van der Waals surface area contributed by atoms with E-state index in [1.807, 2.05) is 0 Å². The number of nitrogens with zero attached hydrogens (tertiary/aromatic N) is 1. The van der Waals surface area contributed by atoms with Gasteiger partial charge in [-0.3, -0.25) is 10.1 Å². The van der Waals surface area contributed by atoms with E-state index >= 15 is 0 Å². The van der Waals surface area contributed by atoms with Gasteiger partial charge in [-0.05, 0) is 6.92 Å². The van der Waals surface area contributed by atoms with Crippen molar-refractivity contribution < 1.29 is 18.0 Å². The SMILES string of the molecule is CC(Cl)C(=O)NC(=O)N1CCSCC1S(C)(=O)=O. The zero-order valence-corrected chi connectivity index (χ0v) is 12.4. The van der Waals surface area contributed by atoms with E-state index in [0.29, 0.717) is 11.5 Å². The lowest BCUT2D eigenvalue weighted by Crippen LogP contribution is -2.55. The smallest absolute Gasteiger partial charge is 0.306 e. The molecule has 0 saturated carbocycles. The number of hydrogen-bond acceptors (Lipinski definition) is 5. The lowest BCUT2D eigenvalue weighted by molar-refractivity contribution is -0.119. The second kappa shape index (κ2) is 6.12. The van der Waals surface area contributed by atoms with Crippen molar-refractivity contribution in [2.45, 2.75) is 17.7 Å². The first kappa shape index (κ1) is 15.6. The van der Waals surface area contributed by atoms with Crippen LogP contribution in [0.4, 0.5) is 4.79 Å². The van der Waals surface area contributed by atoms with Crippen LogP contribution in [0.15, 0.2) is 0 Å². The number of carbonyl (C=O) groups excluding carboxylic acids is 2. The van der Waals surface area contributed by atoms with Gasteiger partial charge in [0.15, 0.2) is 9.84 Å². The molecule has 1 N–H and O–H groups in total. The molecule has 6 nitrogen and oxygen atoms in total. The van der Waals surface area contributed by atoms with E-state index in [9.17, 15) is 18.0 Å². The van der Waals surface area contributed by atoms with Crippen molar-refractivity contribution >= 4 is 45.1 Å². The van der Waals surface area contributed by atoms with Gasteiger partial charge in [-0.25, -0.2) is 13.2 Å². The van der Waals surface area contributed by atoms with Crippen molar-refractivity contribution in [3.63, 3.8) is 0 Å². The van der Waals surface area contributed by atoms with E-state index in [4.69, 9.17) is 11.6 Å². The summed E-state index contributed by atoms with van der Waals surface area (Å²) in [6.45, 7) is 1.72. The van der Waals surface area contributed by atoms with Gasteiger partial charge in [0, 0.05) is 24.3 Å². The zero-order chi connectivity index (χ0) is 13.9. The van der Waals surface area contributed by atoms with Crippen LogP contribution in [-0.2, 0) is 14.6 Å². The van der Waals surface area contributed by atoms with Crippen molar-refractivity contribution in [3.8, 4) is 0 Å². The number of hydrogen-bond donors (Lipinski definition) is 1. The van der Waals surface area contributed by atoms with E-state index in [1.165, 1.54) is 23.6 Å². The Kier molecular flexibility index (Phi) is 5.30. The van der Waals surface area contributed by atoms with Gasteiger partial charge in [-0.1, -0.05) is 0 Å². The Morgan fingerprint density at radius 2 is 2.11 bits per heavy atom. The van der Waals surface area contributed by atoms with Crippen LogP contribution in [-0.4, -0.2) is 60.3 Å². The van der Waals surface area contributed by atoms with Gasteiger partial charge in [0.05, 0.1) is 0 Å². The molecular formula is C9H15ClN2O4S2. The quantitative estimate of drug-likeness (QED) is 0.740. The molecule has 1 fully saturated rings. The molecule has 1 aliphatic rings. The number of alkyl halides is 1. The van der Waals surface area contributed by atoms with E-state index in [2.05, 4.69) is 5.32 Å². The molecular weight excluding hydrogens is 300 g/mol. The summed E-state index contributed by atoms with van der Waals surface area (Å²) in [6.07, 6.45) is 1.08. The van der Waals surface area contributed by atoms with Gasteiger partial charge < -0.3 is 4.90 Å². The highest BCUT2D eigenvalue weighted by molar-refractivity contribution is 8.00. The van der Waals surface area contributed by atoms with Crippen molar-refractivity contribution in [3.05, 3.63) is 0 Å². The number of rotatable bonds is 2. The third-order valence-corrected chi connectivity index (χ3v) is 5.27. The van der Waals surface area contributed by atoms with Gasteiger partial charge in [0.25, 0.3) is 0 Å². The fraction of sp³-hybridized carbons (Fsp3) is 0.778. The predicted octanol–water partition coefficient (Wildman–Crippen LogP) is 0.269. The molecule has 0 spiro atoms. The summed E-state index contributed by atoms with van der Waals surface area (Å²) < 4.78 is 23.1. The lowest BCUT2D eigenvalue weighted by Gasteiger charge is -2.33. The van der Waals surface area contributed by atoms with Crippen molar-refractivity contribution in [2.75, 3.05) is 24.3 Å². The number of amides is 3. The minimum Gasteiger partial charge on any atom is -0.306 e. The molecule has 2 atom stereocenters. The second-order valence-electron chi connectivity index (χ2n) is 3.96. The van der Waals surface area contributed by atoms with E-state index < -0.39 is 32.5 Å². The Labute approximate surface area is 115 Å². The van der Waals surface area contributed by atoms with Crippen LogP contribution in [0.1, 0.15) is 6.92 Å². The number of urea groups is 1. The van der Waals surface area contributed by atoms with E-state index in [-0.39, 0.29) is 6.54 Å². The summed E-state index contributed by atoms with van der Waals surface area (Å²) >= 11 is 7.00. The molecule has 2 unspecified atom stereocenters. The molecule has 1 heterocycles. The summed E-state index contributed by atoms with van der Waals surface area (Å²) in [7, 11) is -3.38. The van der Waals surface area contributed by atoms with E-state index in [0.717, 1.165) is 6.26 Å². The molecule has 18 heavy (non-hydrogen) atoms. The first-order chi connectivity index (χ1) is 8.23. The number of carbonyl (C=O) groups is 2. The number of thioether (sulfide) groups is 1. The van der Waals surface area contributed by atoms with Gasteiger partial charge in [-0.15, -0.1) is 11.6 Å². The van der Waals surface area contributed by atoms with Crippen LogP contribution < -0.4 is 5.32 Å². The maximum absolute atomic E-state index is 11.8. The summed E-state index contributed by atoms with van der Waals surface area (Å²) in [5, 5.41) is 0.357. The summed E-state index contributed by atoms with van der Waals surface area (Å²) in [6, 6.07) is -0.705. The van der Waals surface area contributed by atoms with Crippen LogP contribution in [0.2, 0.25) is 0 Å². The summed E-state index contributed by atoms with van der Waals surface area (Å²) in [5.41, 5.74) is 0. The monoisotopic (exact) mass is 314 g/mol. The molecule has 3 amide bonds. The molecule has 0 aromatic rings. The van der Waals surface area contributed by atoms with Crippen molar-refractivity contribution in [2.24, 2.45) is 0 Å². The van der Waals surface area contributed by atoms with Crippen LogP contribution in [0.25, 0.3) is 0 Å². The molecule has 0 aromatic carbocycles. The maximum atomic E-state index is 11.8. The van der Waals surface area contributed by atoms with Gasteiger partial charge in [0.1, 0.15) is 10.8 Å². The molecule has 9 heteroatoms. The minimum atomic E-state index is -3.38. The molecule has 0 aromatic heterocycles. The Morgan fingerprint density at radius 1 is 1.50 bits per heavy atom. The Morgan fingerprint density at radius 3 is 2.61 bits per heavy atom. The zero-order valence-electron chi connectivity index (χ0n) is 10.1. The fourth-order valence-corrected chi connectivity index (χ4v) is 4.31. The average molecular weight is 315 g/mol. The lowest BCUT2D eigenvalue weighted by atomic mass is 10.4. The highest BCUT2D eigenvalue weighted by atomic mass is 35.5. The van der Waals surface area contributed by atoms with Crippen LogP contribution >= 0.6 is 23.4 Å². The molecule has 1 rings (SSSR count). The topological polar surface area (TPSA) is 83.6 Å². The van der Waals surface area contributed by atoms with Gasteiger partial charge in [0.2, 0.25) is 5.91 Å². The normalized spacial score (nSPS) is 22.4. The van der Waals surface area contributed by atoms with Crippen molar-refractivity contribution in [1.82, 2.24) is 10.2 Å². The van der Waals surface area contributed by atoms with Crippen molar-refractivity contribution in [1.29, 1.82) is 0 Å². The summed E-state index contributed by atoms with van der Waals surface area (Å²) in [4.78, 5) is 24.3. The number of halogens is 1. The molecule has 0 radical (unpaired) electrons. The van der Waals surface area contributed by atoms with Gasteiger partial charge >= 0.3 is 6.03 Å². The first-order valence-electron chi connectivity index (χ1n) is 5.25. The molecule has 0 bridgehead atoms. The van der Waals surface area contributed by atoms with Crippen LogP contribution in [0, 0.1) is 0 Å². The summed E-state index contributed by atoms with van der Waals surface area (Å²) in [5.74, 6) is 0.327. The molecule has 1 saturated heterocycles. The largest absolute Gasteiger partial charge is 0.325 e. The third kappa shape index (κ3) is 4.03. The Bertz CT molecular complexity index is 438. The molecule has 1 aliphatic heterocycles. The van der Waals surface area contributed by atoms with E-state index in [1.54, 1.807) is 0 Å². The predicted molar refractivity (Wildman–Crippen MR) is 71.5 cm³/mol. The Balaban J connectivity index is 2.78.